The molecule has 2 nitrogen and oxygen atoms in total. The Balaban J connectivity index is 2.22. The van der Waals surface area contributed by atoms with Gasteiger partial charge < -0.3 is 5.32 Å². The minimum absolute atomic E-state index is 0.0913. The van der Waals surface area contributed by atoms with Crippen LogP contribution in [0.5, 0.6) is 0 Å². The summed E-state index contributed by atoms with van der Waals surface area (Å²) in [6, 6.07) is 5.68. The number of amides is 1. The monoisotopic (exact) mass is 431 g/mol. The van der Waals surface area contributed by atoms with E-state index in [0.717, 1.165) is 30.6 Å². The van der Waals surface area contributed by atoms with E-state index in [2.05, 4.69) is 37.2 Å². The van der Waals surface area contributed by atoms with Gasteiger partial charge in [0.1, 0.15) is 0 Å². The fraction of sp³-hybridized carbons (Fsp3) is 0.0714. The molecule has 0 bridgehead atoms. The van der Waals surface area contributed by atoms with Crippen LogP contribution in [0.4, 0.5) is 5.69 Å². The first-order valence-electron chi connectivity index (χ1n) is 5.74. The summed E-state index contributed by atoms with van der Waals surface area (Å²) in [6.45, 7) is 1.99. The zero-order valence-electron chi connectivity index (χ0n) is 10.3. The first-order valence-corrected chi connectivity index (χ1v) is 8.53. The second kappa shape index (κ2) is 5.30. The van der Waals surface area contributed by atoms with Crippen LogP contribution < -0.4 is 5.32 Å². The Labute approximate surface area is 142 Å². The lowest BCUT2D eigenvalue weighted by molar-refractivity contribution is -0.110. The van der Waals surface area contributed by atoms with Crippen molar-refractivity contribution in [3.63, 3.8) is 0 Å². The average molecular weight is 434 g/mol. The van der Waals surface area contributed by atoms with Gasteiger partial charge in [-0.1, -0.05) is 27.5 Å². The molecule has 0 unspecified atom stereocenters. The van der Waals surface area contributed by atoms with Crippen molar-refractivity contribution in [2.24, 2.45) is 0 Å². The van der Waals surface area contributed by atoms with E-state index in [0.29, 0.717) is 9.91 Å². The van der Waals surface area contributed by atoms with Gasteiger partial charge in [0, 0.05) is 19.4 Å². The van der Waals surface area contributed by atoms with E-state index in [-0.39, 0.29) is 5.91 Å². The van der Waals surface area contributed by atoms with Gasteiger partial charge in [-0.05, 0) is 52.7 Å². The molecule has 0 atom stereocenters. The number of hydrogen-bond acceptors (Lipinski definition) is 2. The van der Waals surface area contributed by atoms with Crippen LogP contribution >= 0.6 is 54.8 Å². The van der Waals surface area contributed by atoms with E-state index < -0.39 is 0 Å². The second-order valence-corrected chi connectivity index (χ2v) is 7.82. The summed E-state index contributed by atoms with van der Waals surface area (Å²) in [5, 5.41) is 2.91. The van der Waals surface area contributed by atoms with E-state index >= 15 is 0 Å². The third-order valence-corrected chi connectivity index (χ3v) is 5.74. The molecule has 102 valence electrons. The molecule has 0 fully saturated rings. The number of hydrogen-bond donors (Lipinski definition) is 1. The molecule has 0 saturated heterocycles. The van der Waals surface area contributed by atoms with E-state index in [1.807, 2.05) is 31.2 Å². The zero-order chi connectivity index (χ0) is 14.4. The molecule has 1 aliphatic heterocycles. The van der Waals surface area contributed by atoms with Crippen molar-refractivity contribution in [3.05, 3.63) is 47.5 Å². The average Bonchev–Trinajstić information content (AvgIpc) is 2.93. The normalized spacial score (nSPS) is 15.6. The topological polar surface area (TPSA) is 29.1 Å². The predicted octanol–water partition coefficient (Wildman–Crippen LogP) is 5.73. The maximum absolute atomic E-state index is 12.2. The molecule has 20 heavy (non-hydrogen) atoms. The summed E-state index contributed by atoms with van der Waals surface area (Å²) in [6.07, 6.45) is 1.88. The fourth-order valence-corrected chi connectivity index (χ4v) is 4.42. The third kappa shape index (κ3) is 2.37. The summed E-state index contributed by atoms with van der Waals surface area (Å²) in [5.41, 5.74) is 3.46. The van der Waals surface area contributed by atoms with Gasteiger partial charge in [-0.15, -0.1) is 11.3 Å². The highest BCUT2D eigenvalue weighted by Gasteiger charge is 2.29. The number of fused-ring (bicyclic) bond motifs is 1. The molecule has 0 saturated carbocycles. The minimum Gasteiger partial charge on any atom is -0.320 e. The summed E-state index contributed by atoms with van der Waals surface area (Å²) in [4.78, 5) is 13.2. The molecule has 6 heteroatoms. The van der Waals surface area contributed by atoms with Gasteiger partial charge in [0.15, 0.2) is 0 Å². The van der Waals surface area contributed by atoms with E-state index in [1.165, 1.54) is 11.3 Å². The number of nitrogens with one attached hydrogen (secondary N) is 1. The Hall–Kier alpha value is -0.620. The first kappa shape index (κ1) is 14.3. The molecule has 0 aliphatic carbocycles. The van der Waals surface area contributed by atoms with Crippen LogP contribution in [0.1, 0.15) is 16.0 Å². The Morgan fingerprint density at radius 3 is 2.70 bits per heavy atom. The Bertz CT molecular complexity index is 767. The smallest absolute Gasteiger partial charge is 0.256 e. The molecule has 1 aromatic carbocycles. The van der Waals surface area contributed by atoms with E-state index in [9.17, 15) is 4.79 Å². The molecular weight excluding hydrogens is 425 g/mol. The lowest BCUT2D eigenvalue weighted by Gasteiger charge is -2.08. The van der Waals surface area contributed by atoms with Crippen molar-refractivity contribution in [2.75, 3.05) is 5.32 Å². The van der Waals surface area contributed by atoms with Gasteiger partial charge in [-0.2, -0.15) is 0 Å². The first-order chi connectivity index (χ1) is 9.47. The molecule has 1 amide bonds. The summed E-state index contributed by atoms with van der Waals surface area (Å²) in [7, 11) is 0. The van der Waals surface area contributed by atoms with E-state index in [1.54, 1.807) is 0 Å². The van der Waals surface area contributed by atoms with Crippen LogP contribution in [-0.2, 0) is 4.79 Å². The van der Waals surface area contributed by atoms with Gasteiger partial charge in [-0.25, -0.2) is 0 Å². The fourth-order valence-electron chi connectivity index (χ4n) is 2.16. The summed E-state index contributed by atoms with van der Waals surface area (Å²) < 4.78 is 2.54. The molecule has 1 aliphatic rings. The molecule has 2 heterocycles. The van der Waals surface area contributed by atoms with Crippen molar-refractivity contribution in [1.29, 1.82) is 0 Å². The Morgan fingerprint density at radius 1 is 1.30 bits per heavy atom. The van der Waals surface area contributed by atoms with Crippen molar-refractivity contribution >= 4 is 78.0 Å². The lowest BCUT2D eigenvalue weighted by atomic mass is 10.0. The molecule has 2 aromatic rings. The maximum Gasteiger partial charge on any atom is 0.256 e. The Morgan fingerprint density at radius 2 is 2.05 bits per heavy atom. The SMILES string of the molecule is Cc1c(Br)cc(Br)c2c1C(=Cc1ccc(Cl)s1)C(=O)N2. The van der Waals surface area contributed by atoms with Gasteiger partial charge in [0.05, 0.1) is 15.6 Å². The zero-order valence-corrected chi connectivity index (χ0v) is 15.0. The van der Waals surface area contributed by atoms with Crippen LogP contribution in [0.2, 0.25) is 4.34 Å². The standard InChI is InChI=1S/C14H8Br2ClNOS/c1-6-9(15)5-10(16)13-12(6)8(14(19)18-13)4-7-2-3-11(17)20-7/h2-5H,1H3,(H,18,19). The number of rotatable bonds is 1. The van der Waals surface area contributed by atoms with E-state index in [4.69, 9.17) is 11.6 Å². The maximum atomic E-state index is 12.2. The van der Waals surface area contributed by atoms with Crippen LogP contribution in [-0.4, -0.2) is 5.91 Å². The molecule has 1 aromatic heterocycles. The minimum atomic E-state index is -0.0913. The van der Waals surface area contributed by atoms with Crippen molar-refractivity contribution < 1.29 is 4.79 Å². The quantitative estimate of drug-likeness (QED) is 0.572. The molecule has 3 rings (SSSR count). The summed E-state index contributed by atoms with van der Waals surface area (Å²) >= 11 is 14.4. The van der Waals surface area contributed by atoms with Gasteiger partial charge in [-0.3, -0.25) is 4.79 Å². The van der Waals surface area contributed by atoms with Gasteiger partial charge in [0.25, 0.3) is 5.91 Å². The van der Waals surface area contributed by atoms with Crippen LogP contribution in [0.25, 0.3) is 11.6 Å². The highest BCUT2D eigenvalue weighted by Crippen LogP contribution is 2.43. The number of carbonyl (C=O) groups excluding carboxylic acids is 1. The number of anilines is 1. The Kier molecular flexibility index (Phi) is 3.79. The van der Waals surface area contributed by atoms with Crippen molar-refractivity contribution in [1.82, 2.24) is 0 Å². The largest absolute Gasteiger partial charge is 0.320 e. The highest BCUT2D eigenvalue weighted by molar-refractivity contribution is 9.11. The molecule has 0 radical (unpaired) electrons. The molecular formula is C14H8Br2ClNOS. The molecule has 1 N–H and O–H groups in total. The van der Waals surface area contributed by atoms with Gasteiger partial charge >= 0.3 is 0 Å². The number of carbonyl (C=O) groups is 1. The van der Waals surface area contributed by atoms with Crippen LogP contribution in [0.15, 0.2) is 27.1 Å². The number of halogens is 3. The van der Waals surface area contributed by atoms with Crippen LogP contribution in [0, 0.1) is 6.92 Å². The third-order valence-electron chi connectivity index (χ3n) is 3.11. The predicted molar refractivity (Wildman–Crippen MR) is 92.4 cm³/mol. The lowest BCUT2D eigenvalue weighted by Crippen LogP contribution is -2.03. The van der Waals surface area contributed by atoms with Crippen molar-refractivity contribution in [3.8, 4) is 0 Å². The van der Waals surface area contributed by atoms with Crippen molar-refractivity contribution in [2.45, 2.75) is 6.92 Å². The van der Waals surface area contributed by atoms with Crippen LogP contribution in [0.3, 0.4) is 0 Å². The second-order valence-electron chi connectivity index (χ2n) is 4.37. The number of thiophene rings is 1. The van der Waals surface area contributed by atoms with Gasteiger partial charge in [0.2, 0.25) is 0 Å². The molecule has 0 spiro atoms. The number of benzene rings is 1. The highest BCUT2D eigenvalue weighted by atomic mass is 79.9. The summed E-state index contributed by atoms with van der Waals surface area (Å²) in [5.74, 6) is -0.0913.